The van der Waals surface area contributed by atoms with E-state index < -0.39 is 0 Å². The fraction of sp³-hybridized carbons (Fsp3) is 0.111. The van der Waals surface area contributed by atoms with Gasteiger partial charge in [0.1, 0.15) is 0 Å². The van der Waals surface area contributed by atoms with Crippen LogP contribution in [0.25, 0.3) is 0 Å². The van der Waals surface area contributed by atoms with Crippen molar-refractivity contribution in [2.24, 2.45) is 0 Å². The third-order valence-corrected chi connectivity index (χ3v) is 2.22. The van der Waals surface area contributed by atoms with Gasteiger partial charge in [-0.15, -0.1) is 0 Å². The van der Waals surface area contributed by atoms with E-state index in [2.05, 4.69) is 27.8 Å². The Kier molecular flexibility index (Phi) is 3.92. The summed E-state index contributed by atoms with van der Waals surface area (Å²) in [5.41, 5.74) is 6.69. The van der Waals surface area contributed by atoms with E-state index >= 15 is 0 Å². The molecule has 68 valence electrons. The summed E-state index contributed by atoms with van der Waals surface area (Å²) in [7, 11) is 0. The van der Waals surface area contributed by atoms with Crippen molar-refractivity contribution < 1.29 is 0 Å². The number of hydrogen-bond donors (Lipinski definition) is 1. The molecule has 2 N–H and O–H groups in total. The summed E-state index contributed by atoms with van der Waals surface area (Å²) >= 11 is 15.0. The summed E-state index contributed by atoms with van der Waals surface area (Å²) < 4.78 is 0. The van der Waals surface area contributed by atoms with Crippen molar-refractivity contribution in [3.63, 3.8) is 0 Å². The Morgan fingerprint density at radius 3 is 2.31 bits per heavy atom. The molecule has 0 aliphatic carbocycles. The standard InChI is InChI=1S/C9H6BrCl2N/c10-3-1-2-7-8(11)4-6(13)5-9(7)12/h4-5H,3,13H2. The molecule has 0 spiro atoms. The maximum Gasteiger partial charge on any atom is 0.0649 e. The Morgan fingerprint density at radius 1 is 1.31 bits per heavy atom. The lowest BCUT2D eigenvalue weighted by molar-refractivity contribution is 1.62. The third kappa shape index (κ3) is 2.80. The second-order valence-electron chi connectivity index (χ2n) is 2.29. The molecule has 0 saturated carbocycles. The van der Waals surface area contributed by atoms with Gasteiger partial charge in [0.05, 0.1) is 20.9 Å². The third-order valence-electron chi connectivity index (χ3n) is 1.34. The van der Waals surface area contributed by atoms with Crippen LogP contribution in [0, 0.1) is 11.8 Å². The van der Waals surface area contributed by atoms with Crippen LogP contribution in [0.15, 0.2) is 12.1 Å². The van der Waals surface area contributed by atoms with Gasteiger partial charge in [0.2, 0.25) is 0 Å². The van der Waals surface area contributed by atoms with Crippen molar-refractivity contribution in [3.05, 3.63) is 27.7 Å². The molecule has 4 heteroatoms. The molecule has 1 aromatic rings. The SMILES string of the molecule is Nc1cc(Cl)c(C#CCBr)c(Cl)c1. The topological polar surface area (TPSA) is 26.0 Å². The molecule has 0 aromatic heterocycles. The van der Waals surface area contributed by atoms with Crippen LogP contribution in [0.1, 0.15) is 5.56 Å². The van der Waals surface area contributed by atoms with Crippen LogP contribution in [-0.4, -0.2) is 5.33 Å². The van der Waals surface area contributed by atoms with E-state index in [1.54, 1.807) is 12.1 Å². The zero-order valence-electron chi connectivity index (χ0n) is 6.57. The molecule has 0 amide bonds. The average Bonchev–Trinajstić information content (AvgIpc) is 2.02. The van der Waals surface area contributed by atoms with E-state index in [0.717, 1.165) is 0 Å². The van der Waals surface area contributed by atoms with Crippen LogP contribution in [-0.2, 0) is 0 Å². The molecule has 0 saturated heterocycles. The van der Waals surface area contributed by atoms with Gasteiger partial charge >= 0.3 is 0 Å². The predicted molar refractivity (Wildman–Crippen MR) is 61.5 cm³/mol. The van der Waals surface area contributed by atoms with Crippen LogP contribution in [0.4, 0.5) is 5.69 Å². The molecule has 1 rings (SSSR count). The zero-order valence-corrected chi connectivity index (χ0v) is 9.67. The molecule has 0 radical (unpaired) electrons. The molecule has 1 nitrogen and oxygen atoms in total. The van der Waals surface area contributed by atoms with E-state index in [1.807, 2.05) is 0 Å². The Labute approximate surface area is 95.3 Å². The first kappa shape index (κ1) is 10.7. The number of nitrogens with two attached hydrogens (primary N) is 1. The monoisotopic (exact) mass is 277 g/mol. The van der Waals surface area contributed by atoms with Gasteiger partial charge in [-0.3, -0.25) is 0 Å². The molecule has 0 atom stereocenters. The van der Waals surface area contributed by atoms with Crippen LogP contribution < -0.4 is 5.73 Å². The number of nitrogen functional groups attached to an aromatic ring is 1. The summed E-state index contributed by atoms with van der Waals surface area (Å²) in [5.74, 6) is 5.66. The summed E-state index contributed by atoms with van der Waals surface area (Å²) in [5, 5.41) is 1.56. The highest BCUT2D eigenvalue weighted by molar-refractivity contribution is 9.09. The van der Waals surface area contributed by atoms with Gasteiger partial charge < -0.3 is 5.73 Å². The normalized spacial score (nSPS) is 9.15. The fourth-order valence-electron chi connectivity index (χ4n) is 0.834. The minimum Gasteiger partial charge on any atom is -0.399 e. The molecule has 0 bridgehead atoms. The quantitative estimate of drug-likeness (QED) is 0.440. The number of alkyl halides is 1. The van der Waals surface area contributed by atoms with Crippen molar-refractivity contribution in [2.45, 2.75) is 0 Å². The Balaban J connectivity index is 3.21. The summed E-state index contributed by atoms with van der Waals surface area (Å²) in [6, 6.07) is 3.26. The summed E-state index contributed by atoms with van der Waals surface area (Å²) in [6.07, 6.45) is 0. The molecule has 0 aliphatic rings. The maximum absolute atomic E-state index is 5.89. The number of benzene rings is 1. The van der Waals surface area contributed by atoms with Gasteiger partial charge in [0.25, 0.3) is 0 Å². The smallest absolute Gasteiger partial charge is 0.0649 e. The zero-order chi connectivity index (χ0) is 9.84. The molecular weight excluding hydrogens is 273 g/mol. The molecule has 1 aromatic carbocycles. The van der Waals surface area contributed by atoms with E-state index in [4.69, 9.17) is 28.9 Å². The van der Waals surface area contributed by atoms with Gasteiger partial charge in [-0.05, 0) is 12.1 Å². The Bertz CT molecular complexity index is 356. The number of anilines is 1. The minimum absolute atomic E-state index is 0.485. The largest absolute Gasteiger partial charge is 0.399 e. The van der Waals surface area contributed by atoms with E-state index in [1.165, 1.54) is 0 Å². The van der Waals surface area contributed by atoms with Crippen LogP contribution in [0.5, 0.6) is 0 Å². The van der Waals surface area contributed by atoms with Gasteiger partial charge in [-0.1, -0.05) is 51.0 Å². The highest BCUT2D eigenvalue weighted by Gasteiger charge is 2.03. The van der Waals surface area contributed by atoms with Crippen molar-refractivity contribution in [3.8, 4) is 11.8 Å². The lowest BCUT2D eigenvalue weighted by atomic mass is 10.2. The molecule has 0 aliphatic heterocycles. The molecule has 0 fully saturated rings. The predicted octanol–water partition coefficient (Wildman–Crippen LogP) is 3.32. The van der Waals surface area contributed by atoms with E-state index in [9.17, 15) is 0 Å². The number of rotatable bonds is 0. The lowest BCUT2D eigenvalue weighted by Crippen LogP contribution is -1.87. The first-order valence-electron chi connectivity index (χ1n) is 3.44. The lowest BCUT2D eigenvalue weighted by Gasteiger charge is -2.00. The second kappa shape index (κ2) is 4.76. The van der Waals surface area contributed by atoms with Crippen LogP contribution >= 0.6 is 39.1 Å². The molecular formula is C9H6BrCl2N. The first-order valence-corrected chi connectivity index (χ1v) is 5.32. The highest BCUT2D eigenvalue weighted by atomic mass is 79.9. The number of halogens is 3. The van der Waals surface area contributed by atoms with Gasteiger partial charge in [0.15, 0.2) is 0 Å². The second-order valence-corrected chi connectivity index (χ2v) is 3.67. The minimum atomic E-state index is 0.485. The van der Waals surface area contributed by atoms with Crippen molar-refractivity contribution >= 4 is 44.8 Å². The fourth-order valence-corrected chi connectivity index (χ4v) is 1.57. The van der Waals surface area contributed by atoms with Crippen molar-refractivity contribution in [1.82, 2.24) is 0 Å². The maximum atomic E-state index is 5.89. The highest BCUT2D eigenvalue weighted by Crippen LogP contribution is 2.26. The molecule has 13 heavy (non-hydrogen) atoms. The Hall–Kier alpha value is -0.360. The molecule has 0 heterocycles. The Morgan fingerprint density at radius 2 is 1.85 bits per heavy atom. The summed E-state index contributed by atoms with van der Waals surface area (Å²) in [4.78, 5) is 0. The first-order chi connectivity index (χ1) is 6.15. The van der Waals surface area contributed by atoms with Crippen LogP contribution in [0.3, 0.4) is 0 Å². The van der Waals surface area contributed by atoms with Gasteiger partial charge in [-0.25, -0.2) is 0 Å². The summed E-state index contributed by atoms with van der Waals surface area (Å²) in [6.45, 7) is 0. The van der Waals surface area contributed by atoms with Crippen LogP contribution in [0.2, 0.25) is 10.0 Å². The van der Waals surface area contributed by atoms with Gasteiger partial charge in [0, 0.05) is 5.69 Å². The number of hydrogen-bond acceptors (Lipinski definition) is 1. The van der Waals surface area contributed by atoms with Crippen molar-refractivity contribution in [2.75, 3.05) is 11.1 Å². The van der Waals surface area contributed by atoms with Gasteiger partial charge in [-0.2, -0.15) is 0 Å². The van der Waals surface area contributed by atoms with E-state index in [-0.39, 0.29) is 0 Å². The van der Waals surface area contributed by atoms with Crippen molar-refractivity contribution in [1.29, 1.82) is 0 Å². The van der Waals surface area contributed by atoms with E-state index in [0.29, 0.717) is 26.6 Å². The molecule has 0 unspecified atom stereocenters. The average molecular weight is 279 g/mol.